The summed E-state index contributed by atoms with van der Waals surface area (Å²) in [7, 11) is -12.3. The molecule has 62 valence electrons. The van der Waals surface area contributed by atoms with Crippen molar-refractivity contribution < 1.29 is 29.1 Å². The van der Waals surface area contributed by atoms with Gasteiger partial charge in [-0.3, -0.25) is 0 Å². The fraction of sp³-hybridized carbons (Fsp3) is 0. The minimum Gasteiger partial charge on any atom is -0.173 e. The summed E-state index contributed by atoms with van der Waals surface area (Å²) in [5.74, 6) is 0. The summed E-state index contributed by atoms with van der Waals surface area (Å²) in [6, 6.07) is 0. The molecule has 0 amide bonds. The zero-order chi connectivity index (χ0) is 8.58. The summed E-state index contributed by atoms with van der Waals surface area (Å²) in [5.41, 5.74) is 0. The third kappa shape index (κ3) is 2.49. The number of rotatable bonds is 2. The van der Waals surface area contributed by atoms with E-state index in [0.29, 0.717) is 0 Å². The normalized spacial score (nSPS) is 14.0. The fourth-order valence-corrected chi connectivity index (χ4v) is 0.957. The molecule has 0 fully saturated rings. The highest BCUT2D eigenvalue weighted by Gasteiger charge is 2.34. The zero-order valence-electron chi connectivity index (χ0n) is 4.03. The van der Waals surface area contributed by atoms with Gasteiger partial charge in [0.15, 0.2) is 0 Å². The molecule has 0 bridgehead atoms. The molecule has 10 heavy (non-hydrogen) atoms. The maximum absolute atomic E-state index is 11.3. The molecular formula is F3NO4S2. The van der Waals surface area contributed by atoms with Gasteiger partial charge >= 0.3 is 20.8 Å². The van der Waals surface area contributed by atoms with Crippen molar-refractivity contribution in [3.8, 4) is 0 Å². The molecule has 0 rings (SSSR count). The molecule has 0 aliphatic carbocycles. The van der Waals surface area contributed by atoms with E-state index >= 15 is 0 Å². The van der Waals surface area contributed by atoms with E-state index in [1.54, 1.807) is 0 Å². The number of halogens is 3. The summed E-state index contributed by atoms with van der Waals surface area (Å²) < 4.78 is 68.1. The van der Waals surface area contributed by atoms with Gasteiger partial charge in [-0.25, -0.2) is 0 Å². The average Bonchev–Trinajstić information content (AvgIpc) is 1.59. The number of nitrogens with zero attached hydrogens (tertiary/aromatic N) is 1. The summed E-state index contributed by atoms with van der Waals surface area (Å²) in [6.07, 6.45) is 0. The number of hydrogen-bond acceptors (Lipinski definition) is 4. The highest BCUT2D eigenvalue weighted by molar-refractivity contribution is 7.98. The van der Waals surface area contributed by atoms with Crippen LogP contribution < -0.4 is 0 Å². The molecular weight excluding hydrogens is 199 g/mol. The molecule has 0 heterocycles. The lowest BCUT2D eigenvalue weighted by atomic mass is 13.7. The van der Waals surface area contributed by atoms with E-state index in [4.69, 9.17) is 0 Å². The van der Waals surface area contributed by atoms with Crippen LogP contribution in [0.25, 0.3) is 0 Å². The van der Waals surface area contributed by atoms with Crippen molar-refractivity contribution in [2.24, 2.45) is 0 Å². The molecule has 5 nitrogen and oxygen atoms in total. The minimum atomic E-state index is -6.16. The van der Waals surface area contributed by atoms with E-state index in [2.05, 4.69) is 0 Å². The molecule has 0 aromatic carbocycles. The Labute approximate surface area is 54.7 Å². The van der Waals surface area contributed by atoms with Gasteiger partial charge in [0.25, 0.3) is 0 Å². The predicted octanol–water partition coefficient (Wildman–Crippen LogP) is -0.398. The first-order valence-electron chi connectivity index (χ1n) is 1.51. The third-order valence-corrected chi connectivity index (χ3v) is 2.10. The highest BCUT2D eigenvalue weighted by Crippen LogP contribution is 2.10. The first kappa shape index (κ1) is 9.65. The van der Waals surface area contributed by atoms with Gasteiger partial charge in [-0.1, -0.05) is 12.3 Å². The lowest BCUT2D eigenvalue weighted by Crippen LogP contribution is -2.22. The molecule has 0 saturated carbocycles. The van der Waals surface area contributed by atoms with Crippen molar-refractivity contribution in [2.45, 2.75) is 0 Å². The molecule has 0 N–H and O–H groups in total. The van der Waals surface area contributed by atoms with Gasteiger partial charge in [-0.05, 0) is 0 Å². The highest BCUT2D eigenvalue weighted by atomic mass is 32.3. The smallest absolute Gasteiger partial charge is 0.173 e. The molecule has 0 radical (unpaired) electrons. The van der Waals surface area contributed by atoms with Gasteiger partial charge in [0, 0.05) is 0 Å². The van der Waals surface area contributed by atoms with Crippen LogP contribution in [-0.2, 0) is 20.8 Å². The summed E-state index contributed by atoms with van der Waals surface area (Å²) in [6.45, 7) is 0. The van der Waals surface area contributed by atoms with Crippen LogP contribution in [0.3, 0.4) is 0 Å². The Bertz CT molecular complexity index is 267. The quantitative estimate of drug-likeness (QED) is 0.448. The first-order chi connectivity index (χ1) is 4.15. The summed E-state index contributed by atoms with van der Waals surface area (Å²) in [4.78, 5) is 0. The van der Waals surface area contributed by atoms with Crippen molar-refractivity contribution in [3.63, 3.8) is 0 Å². The van der Waals surface area contributed by atoms with Crippen molar-refractivity contribution in [1.29, 1.82) is 0 Å². The monoisotopic (exact) mass is 199 g/mol. The van der Waals surface area contributed by atoms with Gasteiger partial charge in [0.1, 0.15) is 3.93 Å². The Morgan fingerprint density at radius 1 is 0.900 bits per heavy atom. The predicted molar refractivity (Wildman–Crippen MR) is 23.0 cm³/mol. The van der Waals surface area contributed by atoms with E-state index in [1.807, 2.05) is 0 Å². The van der Waals surface area contributed by atoms with Crippen molar-refractivity contribution in [3.05, 3.63) is 0 Å². The van der Waals surface area contributed by atoms with Crippen molar-refractivity contribution in [2.75, 3.05) is 0 Å². The molecule has 0 aliphatic heterocycles. The molecule has 0 aromatic heterocycles. The van der Waals surface area contributed by atoms with Crippen LogP contribution in [0, 0.1) is 0 Å². The maximum atomic E-state index is 11.3. The Kier molecular flexibility index (Phi) is 2.28. The molecule has 0 saturated heterocycles. The second kappa shape index (κ2) is 2.36. The van der Waals surface area contributed by atoms with Crippen LogP contribution in [0.2, 0.25) is 0 Å². The largest absolute Gasteiger partial charge is 0.418 e. The lowest BCUT2D eigenvalue weighted by Gasteiger charge is -1.96. The van der Waals surface area contributed by atoms with Crippen molar-refractivity contribution >= 4 is 20.8 Å². The second-order valence-corrected chi connectivity index (χ2v) is 3.56. The van der Waals surface area contributed by atoms with E-state index in [0.717, 1.165) is 0 Å². The molecule has 0 spiro atoms. The molecule has 10 heteroatoms. The van der Waals surface area contributed by atoms with Gasteiger partial charge in [-0.2, -0.15) is 16.8 Å². The molecule has 0 aliphatic rings. The van der Waals surface area contributed by atoms with E-state index in [-0.39, 0.29) is 0 Å². The summed E-state index contributed by atoms with van der Waals surface area (Å²) >= 11 is 0. The van der Waals surface area contributed by atoms with E-state index in [1.165, 1.54) is 0 Å². The third-order valence-electron chi connectivity index (χ3n) is 0.343. The van der Waals surface area contributed by atoms with Gasteiger partial charge in [0.2, 0.25) is 0 Å². The molecule has 0 unspecified atom stereocenters. The van der Waals surface area contributed by atoms with Gasteiger partial charge in [0.05, 0.1) is 0 Å². The Balaban J connectivity index is 4.94. The van der Waals surface area contributed by atoms with E-state index in [9.17, 15) is 29.1 Å². The van der Waals surface area contributed by atoms with Crippen LogP contribution in [-0.4, -0.2) is 20.8 Å². The van der Waals surface area contributed by atoms with Crippen LogP contribution in [0.4, 0.5) is 12.3 Å². The topological polar surface area (TPSA) is 71.5 Å². The minimum absolute atomic E-state index is 2.51. The second-order valence-electron chi connectivity index (χ2n) is 1.04. The van der Waals surface area contributed by atoms with Crippen LogP contribution in [0.1, 0.15) is 0 Å². The fourth-order valence-electron chi connectivity index (χ4n) is 0.106. The van der Waals surface area contributed by atoms with Crippen molar-refractivity contribution in [1.82, 2.24) is 3.93 Å². The van der Waals surface area contributed by atoms with Gasteiger partial charge in [-0.15, -0.1) is 0 Å². The standard InChI is InChI=1S/F3NO4S2/c1-4(9(2,5)6)10(3,7)8. The summed E-state index contributed by atoms with van der Waals surface area (Å²) in [5, 5.41) is 0. The maximum Gasteiger partial charge on any atom is 0.418 e. The Morgan fingerprint density at radius 3 is 1.10 bits per heavy atom. The Morgan fingerprint density at radius 2 is 1.10 bits per heavy atom. The number of hydrogen-bond donors (Lipinski definition) is 0. The molecule has 0 aromatic rings. The zero-order valence-corrected chi connectivity index (χ0v) is 5.66. The van der Waals surface area contributed by atoms with E-state index < -0.39 is 24.8 Å². The van der Waals surface area contributed by atoms with Crippen LogP contribution >= 0.6 is 0 Å². The molecule has 0 atom stereocenters. The average molecular weight is 199 g/mol. The first-order valence-corrected chi connectivity index (χ1v) is 4.19. The Hall–Kier alpha value is -0.350. The lowest BCUT2D eigenvalue weighted by molar-refractivity contribution is 0.228. The van der Waals surface area contributed by atoms with Crippen LogP contribution in [0.5, 0.6) is 0 Å². The van der Waals surface area contributed by atoms with Crippen LogP contribution in [0.15, 0.2) is 0 Å². The SMILES string of the molecule is O=S(=O)(F)N(F)S(=O)(=O)F. The van der Waals surface area contributed by atoms with Gasteiger partial charge < -0.3 is 0 Å².